The van der Waals surface area contributed by atoms with E-state index in [9.17, 15) is 0 Å². The molecule has 0 amide bonds. The summed E-state index contributed by atoms with van der Waals surface area (Å²) in [4.78, 5) is 0. The fourth-order valence-electron chi connectivity index (χ4n) is 2.34. The summed E-state index contributed by atoms with van der Waals surface area (Å²) in [6, 6.07) is 0. The van der Waals surface area contributed by atoms with Crippen molar-refractivity contribution >= 4 is 0 Å². The summed E-state index contributed by atoms with van der Waals surface area (Å²) in [5.41, 5.74) is 0.105. The second-order valence-corrected chi connectivity index (χ2v) is 5.38. The third-order valence-electron chi connectivity index (χ3n) is 2.73. The number of hydrogen-bond acceptors (Lipinski definition) is 2. The van der Waals surface area contributed by atoms with Crippen molar-refractivity contribution in [2.24, 2.45) is 0 Å². The van der Waals surface area contributed by atoms with Gasteiger partial charge in [0.2, 0.25) is 0 Å². The molecule has 1 aliphatic rings. The average molecular weight is 199 g/mol. The van der Waals surface area contributed by atoms with Gasteiger partial charge in [0.25, 0.3) is 0 Å². The normalized spacial score (nSPS) is 21.4. The molecule has 0 aromatic heterocycles. The van der Waals surface area contributed by atoms with E-state index in [0.29, 0.717) is 0 Å². The standard InChI is InChI=1S/C12H25NO/c1-5-13-10-12(8-6-7-9-12)14-11(2,3)4/h13H,5-10H2,1-4H3. The number of likely N-dealkylation sites (N-methyl/N-ethyl adjacent to an activating group) is 1. The van der Waals surface area contributed by atoms with Gasteiger partial charge in [0, 0.05) is 6.54 Å². The zero-order valence-corrected chi connectivity index (χ0v) is 10.2. The first-order valence-corrected chi connectivity index (χ1v) is 5.88. The minimum atomic E-state index is -0.0141. The van der Waals surface area contributed by atoms with Crippen LogP contribution < -0.4 is 5.32 Å². The maximum atomic E-state index is 6.23. The van der Waals surface area contributed by atoms with E-state index in [-0.39, 0.29) is 11.2 Å². The Kier molecular flexibility index (Phi) is 3.96. The summed E-state index contributed by atoms with van der Waals surface area (Å²) < 4.78 is 6.23. The molecule has 84 valence electrons. The largest absolute Gasteiger partial charge is 0.368 e. The molecule has 0 atom stereocenters. The van der Waals surface area contributed by atoms with E-state index < -0.39 is 0 Å². The van der Waals surface area contributed by atoms with E-state index in [2.05, 4.69) is 33.0 Å². The molecule has 0 spiro atoms. The van der Waals surface area contributed by atoms with E-state index in [1.54, 1.807) is 0 Å². The van der Waals surface area contributed by atoms with Crippen molar-refractivity contribution in [1.29, 1.82) is 0 Å². The fourth-order valence-corrected chi connectivity index (χ4v) is 2.34. The highest BCUT2D eigenvalue weighted by Crippen LogP contribution is 2.35. The van der Waals surface area contributed by atoms with Gasteiger partial charge in [-0.25, -0.2) is 0 Å². The number of hydrogen-bond donors (Lipinski definition) is 1. The molecule has 1 rings (SSSR count). The van der Waals surface area contributed by atoms with E-state index >= 15 is 0 Å². The van der Waals surface area contributed by atoms with Gasteiger partial charge in [-0.05, 0) is 40.2 Å². The van der Waals surface area contributed by atoms with Crippen LogP contribution in [0.25, 0.3) is 0 Å². The summed E-state index contributed by atoms with van der Waals surface area (Å²) in [6.07, 6.45) is 5.08. The minimum absolute atomic E-state index is 0.0141. The van der Waals surface area contributed by atoms with Crippen LogP contribution in [0.15, 0.2) is 0 Å². The van der Waals surface area contributed by atoms with Crippen LogP contribution in [0.2, 0.25) is 0 Å². The molecular formula is C12H25NO. The summed E-state index contributed by atoms with van der Waals surface area (Å²) in [5.74, 6) is 0. The molecule has 0 bridgehead atoms. The van der Waals surface area contributed by atoms with Gasteiger partial charge in [-0.15, -0.1) is 0 Å². The molecule has 2 heteroatoms. The van der Waals surface area contributed by atoms with Gasteiger partial charge in [-0.1, -0.05) is 19.8 Å². The third kappa shape index (κ3) is 3.58. The van der Waals surface area contributed by atoms with Crippen molar-refractivity contribution in [2.45, 2.75) is 64.6 Å². The van der Waals surface area contributed by atoms with Crippen LogP contribution in [0.3, 0.4) is 0 Å². The predicted molar refractivity (Wildman–Crippen MR) is 60.6 cm³/mol. The maximum Gasteiger partial charge on any atom is 0.0813 e. The summed E-state index contributed by atoms with van der Waals surface area (Å²) >= 11 is 0. The van der Waals surface area contributed by atoms with Gasteiger partial charge in [0.1, 0.15) is 0 Å². The van der Waals surface area contributed by atoms with Gasteiger partial charge in [-0.2, -0.15) is 0 Å². The number of rotatable bonds is 4. The molecule has 14 heavy (non-hydrogen) atoms. The Labute approximate surface area is 88.4 Å². The van der Waals surface area contributed by atoms with Crippen LogP contribution in [-0.4, -0.2) is 24.3 Å². The Bertz CT molecular complexity index is 166. The number of nitrogens with one attached hydrogen (secondary N) is 1. The van der Waals surface area contributed by atoms with E-state index in [1.165, 1.54) is 25.7 Å². The summed E-state index contributed by atoms with van der Waals surface area (Å²) in [5, 5.41) is 3.43. The minimum Gasteiger partial charge on any atom is -0.368 e. The van der Waals surface area contributed by atoms with Crippen LogP contribution >= 0.6 is 0 Å². The molecule has 1 N–H and O–H groups in total. The van der Waals surface area contributed by atoms with E-state index in [0.717, 1.165) is 13.1 Å². The second-order valence-electron chi connectivity index (χ2n) is 5.38. The number of ether oxygens (including phenoxy) is 1. The van der Waals surface area contributed by atoms with E-state index in [1.807, 2.05) is 0 Å². The third-order valence-corrected chi connectivity index (χ3v) is 2.73. The topological polar surface area (TPSA) is 21.3 Å². The lowest BCUT2D eigenvalue weighted by Crippen LogP contribution is -2.45. The molecule has 0 unspecified atom stereocenters. The molecule has 0 heterocycles. The Morgan fingerprint density at radius 1 is 1.21 bits per heavy atom. The van der Waals surface area contributed by atoms with Gasteiger partial charge >= 0.3 is 0 Å². The quantitative estimate of drug-likeness (QED) is 0.751. The molecule has 0 saturated heterocycles. The molecule has 1 saturated carbocycles. The molecule has 1 aliphatic carbocycles. The Hall–Kier alpha value is -0.0800. The van der Waals surface area contributed by atoms with Gasteiger partial charge in [-0.3, -0.25) is 0 Å². The molecule has 1 fully saturated rings. The first-order chi connectivity index (χ1) is 6.47. The summed E-state index contributed by atoms with van der Waals surface area (Å²) in [6.45, 7) is 10.7. The zero-order chi connectivity index (χ0) is 10.7. The van der Waals surface area contributed by atoms with Gasteiger partial charge in [0.05, 0.1) is 11.2 Å². The molecule has 0 aliphatic heterocycles. The van der Waals surface area contributed by atoms with Gasteiger partial charge in [0.15, 0.2) is 0 Å². The van der Waals surface area contributed by atoms with Gasteiger partial charge < -0.3 is 10.1 Å². The lowest BCUT2D eigenvalue weighted by Gasteiger charge is -2.36. The van der Waals surface area contributed by atoms with Crippen LogP contribution in [0.4, 0.5) is 0 Å². The highest BCUT2D eigenvalue weighted by atomic mass is 16.5. The smallest absolute Gasteiger partial charge is 0.0813 e. The molecule has 2 nitrogen and oxygen atoms in total. The Morgan fingerprint density at radius 2 is 1.79 bits per heavy atom. The molecule has 0 aromatic rings. The first-order valence-electron chi connectivity index (χ1n) is 5.88. The van der Waals surface area contributed by atoms with E-state index in [4.69, 9.17) is 4.74 Å². The second kappa shape index (κ2) is 4.63. The lowest BCUT2D eigenvalue weighted by molar-refractivity contribution is -0.126. The van der Waals surface area contributed by atoms with Crippen LogP contribution in [-0.2, 0) is 4.74 Å². The highest BCUT2D eigenvalue weighted by molar-refractivity contribution is 4.90. The van der Waals surface area contributed by atoms with Crippen LogP contribution in [0.1, 0.15) is 53.4 Å². The monoisotopic (exact) mass is 199 g/mol. The van der Waals surface area contributed by atoms with Crippen molar-refractivity contribution in [3.05, 3.63) is 0 Å². The molecular weight excluding hydrogens is 174 g/mol. The fraction of sp³-hybridized carbons (Fsp3) is 1.00. The van der Waals surface area contributed by atoms with Crippen molar-refractivity contribution in [3.63, 3.8) is 0 Å². The predicted octanol–water partition coefficient (Wildman–Crippen LogP) is 2.72. The van der Waals surface area contributed by atoms with Crippen molar-refractivity contribution in [2.75, 3.05) is 13.1 Å². The van der Waals surface area contributed by atoms with Crippen molar-refractivity contribution < 1.29 is 4.74 Å². The highest BCUT2D eigenvalue weighted by Gasteiger charge is 2.37. The maximum absolute atomic E-state index is 6.23. The van der Waals surface area contributed by atoms with Crippen molar-refractivity contribution in [3.8, 4) is 0 Å². The van der Waals surface area contributed by atoms with Crippen molar-refractivity contribution in [1.82, 2.24) is 5.32 Å². The van der Waals surface area contributed by atoms with Crippen LogP contribution in [0, 0.1) is 0 Å². The van der Waals surface area contributed by atoms with Crippen LogP contribution in [0.5, 0.6) is 0 Å². The Balaban J connectivity index is 2.53. The SMILES string of the molecule is CCNCC1(OC(C)(C)C)CCCC1. The average Bonchev–Trinajstić information content (AvgIpc) is 2.47. The molecule has 0 radical (unpaired) electrons. The lowest BCUT2D eigenvalue weighted by atomic mass is 10.00. The molecule has 0 aromatic carbocycles. The summed E-state index contributed by atoms with van der Waals surface area (Å²) in [7, 11) is 0. The first kappa shape index (κ1) is 12.0. The Morgan fingerprint density at radius 3 is 2.21 bits per heavy atom. The zero-order valence-electron chi connectivity index (χ0n) is 10.2.